The van der Waals surface area contributed by atoms with Gasteiger partial charge in [-0.2, -0.15) is 0 Å². The van der Waals surface area contributed by atoms with Gasteiger partial charge in [0.15, 0.2) is 0 Å². The molecule has 0 saturated heterocycles. The zero-order valence-corrected chi connectivity index (χ0v) is 9.04. The highest BCUT2D eigenvalue weighted by molar-refractivity contribution is 6.30. The molecule has 0 aliphatic heterocycles. The van der Waals surface area contributed by atoms with Crippen LogP contribution in [-0.2, 0) is 0 Å². The van der Waals surface area contributed by atoms with Crippen molar-refractivity contribution < 1.29 is 0 Å². The Labute approximate surface area is 94.1 Å². The maximum Gasteiger partial charge on any atom is 0.0406 e. The molecule has 0 aliphatic rings. The molecule has 2 rings (SSSR count). The molecule has 1 atom stereocenters. The SMILES string of the molecule is NCC(c1ccc(Cl)cc1)c1ccc[nH]1. The van der Waals surface area contributed by atoms with Crippen LogP contribution in [-0.4, -0.2) is 11.5 Å². The summed E-state index contributed by atoms with van der Waals surface area (Å²) < 4.78 is 0. The fourth-order valence-corrected chi connectivity index (χ4v) is 1.82. The first-order valence-electron chi connectivity index (χ1n) is 4.90. The van der Waals surface area contributed by atoms with Crippen molar-refractivity contribution in [2.75, 3.05) is 6.54 Å². The molecule has 0 saturated carbocycles. The predicted molar refractivity (Wildman–Crippen MR) is 63.1 cm³/mol. The molecule has 1 aromatic carbocycles. The molecular formula is C12H13ClN2. The zero-order chi connectivity index (χ0) is 10.7. The summed E-state index contributed by atoms with van der Waals surface area (Å²) in [5, 5.41) is 0.751. The van der Waals surface area contributed by atoms with Crippen molar-refractivity contribution in [3.8, 4) is 0 Å². The predicted octanol–water partition coefficient (Wildman–Crippen LogP) is 2.76. The minimum Gasteiger partial charge on any atom is -0.364 e. The smallest absolute Gasteiger partial charge is 0.0406 e. The highest BCUT2D eigenvalue weighted by atomic mass is 35.5. The topological polar surface area (TPSA) is 41.8 Å². The van der Waals surface area contributed by atoms with Crippen molar-refractivity contribution in [2.45, 2.75) is 5.92 Å². The Bertz CT molecular complexity index is 406. The number of rotatable bonds is 3. The number of aromatic amines is 1. The molecule has 0 amide bonds. The molecule has 2 aromatic rings. The summed E-state index contributed by atoms with van der Waals surface area (Å²) in [4.78, 5) is 3.19. The first-order valence-corrected chi connectivity index (χ1v) is 5.28. The van der Waals surface area contributed by atoms with E-state index in [0.29, 0.717) is 6.54 Å². The molecule has 0 spiro atoms. The molecule has 0 bridgehead atoms. The second-order valence-corrected chi connectivity index (χ2v) is 3.90. The van der Waals surface area contributed by atoms with Crippen LogP contribution in [0.5, 0.6) is 0 Å². The molecule has 2 nitrogen and oxygen atoms in total. The summed E-state index contributed by atoms with van der Waals surface area (Å²) >= 11 is 5.85. The maximum absolute atomic E-state index is 5.85. The van der Waals surface area contributed by atoms with E-state index in [1.807, 2.05) is 42.6 Å². The van der Waals surface area contributed by atoms with Crippen LogP contribution in [0.15, 0.2) is 42.6 Å². The quantitative estimate of drug-likeness (QED) is 0.821. The van der Waals surface area contributed by atoms with Crippen LogP contribution in [0.4, 0.5) is 0 Å². The van der Waals surface area contributed by atoms with E-state index in [2.05, 4.69) is 4.98 Å². The van der Waals surface area contributed by atoms with E-state index in [9.17, 15) is 0 Å². The van der Waals surface area contributed by atoms with Crippen molar-refractivity contribution in [3.63, 3.8) is 0 Å². The molecule has 0 radical (unpaired) electrons. The summed E-state index contributed by atoms with van der Waals surface area (Å²) in [6.45, 7) is 0.585. The number of benzene rings is 1. The third-order valence-electron chi connectivity index (χ3n) is 2.51. The van der Waals surface area contributed by atoms with Crippen LogP contribution in [0.1, 0.15) is 17.2 Å². The summed E-state index contributed by atoms with van der Waals surface area (Å²) in [5.74, 6) is 0.220. The zero-order valence-electron chi connectivity index (χ0n) is 8.28. The Morgan fingerprint density at radius 2 is 1.93 bits per heavy atom. The number of nitrogens with two attached hydrogens (primary N) is 1. The molecule has 1 heterocycles. The Kier molecular flexibility index (Phi) is 3.09. The molecule has 1 unspecified atom stereocenters. The monoisotopic (exact) mass is 220 g/mol. The van der Waals surface area contributed by atoms with E-state index in [1.165, 1.54) is 5.56 Å². The van der Waals surface area contributed by atoms with Gasteiger partial charge in [0.1, 0.15) is 0 Å². The third kappa shape index (κ3) is 2.22. The number of aromatic nitrogens is 1. The number of halogens is 1. The molecule has 3 heteroatoms. The first kappa shape index (κ1) is 10.3. The molecule has 0 aliphatic carbocycles. The number of nitrogens with one attached hydrogen (secondary N) is 1. The van der Waals surface area contributed by atoms with Gasteiger partial charge in [0.25, 0.3) is 0 Å². The van der Waals surface area contributed by atoms with E-state index >= 15 is 0 Å². The van der Waals surface area contributed by atoms with Crippen molar-refractivity contribution in [2.24, 2.45) is 5.73 Å². The number of hydrogen-bond acceptors (Lipinski definition) is 1. The first-order chi connectivity index (χ1) is 7.31. The number of hydrogen-bond donors (Lipinski definition) is 2. The Morgan fingerprint density at radius 1 is 1.20 bits per heavy atom. The van der Waals surface area contributed by atoms with E-state index in [1.54, 1.807) is 0 Å². The summed E-state index contributed by atoms with van der Waals surface area (Å²) in [6, 6.07) is 11.8. The van der Waals surface area contributed by atoms with Crippen LogP contribution < -0.4 is 5.73 Å². The van der Waals surface area contributed by atoms with Gasteiger partial charge >= 0.3 is 0 Å². The lowest BCUT2D eigenvalue weighted by Gasteiger charge is -2.13. The largest absolute Gasteiger partial charge is 0.364 e. The fraction of sp³-hybridized carbons (Fsp3) is 0.167. The minimum atomic E-state index is 0.220. The van der Waals surface area contributed by atoms with Crippen LogP contribution in [0.25, 0.3) is 0 Å². The van der Waals surface area contributed by atoms with E-state index < -0.39 is 0 Å². The van der Waals surface area contributed by atoms with Gasteiger partial charge < -0.3 is 10.7 Å². The number of H-pyrrole nitrogens is 1. The van der Waals surface area contributed by atoms with Crippen molar-refractivity contribution in [1.82, 2.24) is 4.98 Å². The van der Waals surface area contributed by atoms with Crippen LogP contribution in [0, 0.1) is 0 Å². The molecule has 15 heavy (non-hydrogen) atoms. The lowest BCUT2D eigenvalue weighted by Crippen LogP contribution is -2.13. The summed E-state index contributed by atoms with van der Waals surface area (Å²) in [5.41, 5.74) is 8.10. The fourth-order valence-electron chi connectivity index (χ4n) is 1.70. The van der Waals surface area contributed by atoms with Gasteiger partial charge in [0.2, 0.25) is 0 Å². The van der Waals surface area contributed by atoms with Crippen LogP contribution in [0.3, 0.4) is 0 Å². The van der Waals surface area contributed by atoms with Gasteiger partial charge in [-0.3, -0.25) is 0 Å². The van der Waals surface area contributed by atoms with E-state index in [0.717, 1.165) is 10.7 Å². The average Bonchev–Trinajstić information content (AvgIpc) is 2.75. The highest BCUT2D eigenvalue weighted by Crippen LogP contribution is 2.23. The van der Waals surface area contributed by atoms with Crippen LogP contribution >= 0.6 is 11.6 Å². The summed E-state index contributed by atoms with van der Waals surface area (Å²) in [6.07, 6.45) is 1.91. The lowest BCUT2D eigenvalue weighted by molar-refractivity contribution is 0.794. The van der Waals surface area contributed by atoms with Gasteiger partial charge in [0, 0.05) is 29.4 Å². The third-order valence-corrected chi connectivity index (χ3v) is 2.76. The summed E-state index contributed by atoms with van der Waals surface area (Å²) in [7, 11) is 0. The average molecular weight is 221 g/mol. The maximum atomic E-state index is 5.85. The van der Waals surface area contributed by atoms with E-state index in [-0.39, 0.29) is 5.92 Å². The van der Waals surface area contributed by atoms with Crippen molar-refractivity contribution >= 4 is 11.6 Å². The van der Waals surface area contributed by atoms with Crippen molar-refractivity contribution in [1.29, 1.82) is 0 Å². The molecular weight excluding hydrogens is 208 g/mol. The van der Waals surface area contributed by atoms with Gasteiger partial charge in [-0.15, -0.1) is 0 Å². The minimum absolute atomic E-state index is 0.220. The lowest BCUT2D eigenvalue weighted by atomic mass is 9.96. The van der Waals surface area contributed by atoms with Gasteiger partial charge in [-0.1, -0.05) is 23.7 Å². The molecule has 3 N–H and O–H groups in total. The Hall–Kier alpha value is -1.25. The molecule has 78 valence electrons. The standard InChI is InChI=1S/C12H13ClN2/c13-10-5-3-9(4-6-10)11(8-14)12-2-1-7-15-12/h1-7,11,15H,8,14H2. The van der Waals surface area contributed by atoms with Crippen molar-refractivity contribution in [3.05, 3.63) is 58.9 Å². The van der Waals surface area contributed by atoms with E-state index in [4.69, 9.17) is 17.3 Å². The molecule has 0 fully saturated rings. The van der Waals surface area contributed by atoms with Gasteiger partial charge in [0.05, 0.1) is 0 Å². The Morgan fingerprint density at radius 3 is 2.47 bits per heavy atom. The van der Waals surface area contributed by atoms with Crippen LogP contribution in [0.2, 0.25) is 5.02 Å². The second kappa shape index (κ2) is 4.51. The second-order valence-electron chi connectivity index (χ2n) is 3.47. The normalized spacial score (nSPS) is 12.7. The highest BCUT2D eigenvalue weighted by Gasteiger charge is 2.12. The molecule has 1 aromatic heterocycles. The van der Waals surface area contributed by atoms with Gasteiger partial charge in [-0.05, 0) is 29.8 Å². The van der Waals surface area contributed by atoms with Gasteiger partial charge in [-0.25, -0.2) is 0 Å². The Balaban J connectivity index is 2.31.